The third-order valence-electron chi connectivity index (χ3n) is 4.63. The Morgan fingerprint density at radius 3 is 2.27 bits per heavy atom. The molecule has 0 fully saturated rings. The number of amides is 1. The average Bonchev–Trinajstić information content (AvgIpc) is 3.13. The number of thioether (sulfide) groups is 1. The maximum absolute atomic E-state index is 12.7. The largest absolute Gasteiger partial charge is 0.506 e. The molecule has 3 rings (SSSR count). The normalized spacial score (nSPS) is 15.6. The van der Waals surface area contributed by atoms with E-state index in [0.717, 1.165) is 11.8 Å². The number of aliphatic hydroxyl groups is 1. The summed E-state index contributed by atoms with van der Waals surface area (Å²) in [5.41, 5.74) is 0.743. The van der Waals surface area contributed by atoms with Crippen molar-refractivity contribution in [2.75, 3.05) is 27.9 Å². The van der Waals surface area contributed by atoms with Gasteiger partial charge in [-0.25, -0.2) is 9.79 Å². The molecular weight excluding hydrogens is 446 g/mol. The van der Waals surface area contributed by atoms with Gasteiger partial charge in [-0.15, -0.1) is 0 Å². The van der Waals surface area contributed by atoms with Crippen LogP contribution in [0.3, 0.4) is 0 Å². The lowest BCUT2D eigenvalue weighted by molar-refractivity contribution is -0.138. The molecule has 33 heavy (non-hydrogen) atoms. The number of nitrogens with zero attached hydrogens (tertiary/aromatic N) is 1. The summed E-state index contributed by atoms with van der Waals surface area (Å²) in [5, 5.41) is 10.9. The molecule has 0 radical (unpaired) electrons. The maximum Gasteiger partial charge on any atom is 0.344 e. The Morgan fingerprint density at radius 1 is 1.00 bits per heavy atom. The van der Waals surface area contributed by atoms with Crippen molar-refractivity contribution in [1.29, 1.82) is 0 Å². The highest BCUT2D eigenvalue weighted by Crippen LogP contribution is 2.40. The van der Waals surface area contributed by atoms with Gasteiger partial charge in [0, 0.05) is 11.1 Å². The number of aliphatic imine (C=N–C) groups is 1. The molecule has 0 saturated heterocycles. The second kappa shape index (κ2) is 10.7. The Morgan fingerprint density at radius 2 is 1.67 bits per heavy atom. The van der Waals surface area contributed by atoms with Crippen LogP contribution in [-0.4, -0.2) is 50.0 Å². The molecule has 0 atom stereocenters. The van der Waals surface area contributed by atoms with E-state index in [9.17, 15) is 14.7 Å². The molecule has 172 valence electrons. The lowest BCUT2D eigenvalue weighted by Gasteiger charge is -2.08. The van der Waals surface area contributed by atoms with Gasteiger partial charge in [0.25, 0.3) is 5.91 Å². The fourth-order valence-electron chi connectivity index (χ4n) is 2.98. The van der Waals surface area contributed by atoms with Crippen LogP contribution in [0.5, 0.6) is 17.2 Å². The predicted molar refractivity (Wildman–Crippen MR) is 126 cm³/mol. The standard InChI is InChI=1S/C24H23NO7S/c1-5-32-24(28)20-21(26)19(13-15-12-17(30-3)10-11-18(15)31-4)33-23(20)25-22(27)14-6-8-16(29-2)9-7-14/h6-13,26H,5H2,1-4H3/b19-13-,25-23?. The molecule has 2 aromatic rings. The smallest absolute Gasteiger partial charge is 0.344 e. The van der Waals surface area contributed by atoms with Crippen LogP contribution >= 0.6 is 11.8 Å². The van der Waals surface area contributed by atoms with Crippen molar-refractivity contribution in [2.24, 2.45) is 4.99 Å². The van der Waals surface area contributed by atoms with E-state index in [0.29, 0.717) is 33.3 Å². The van der Waals surface area contributed by atoms with Crippen LogP contribution in [0, 0.1) is 0 Å². The average molecular weight is 470 g/mol. The number of aliphatic hydroxyl groups excluding tert-OH is 1. The Hall–Kier alpha value is -3.72. The summed E-state index contributed by atoms with van der Waals surface area (Å²) in [6.45, 7) is 1.75. The van der Waals surface area contributed by atoms with E-state index in [1.807, 2.05) is 0 Å². The number of carbonyl (C=O) groups excluding carboxylic acids is 2. The molecule has 0 aromatic heterocycles. The van der Waals surface area contributed by atoms with Gasteiger partial charge in [0.15, 0.2) is 0 Å². The van der Waals surface area contributed by atoms with E-state index in [2.05, 4.69) is 4.99 Å². The summed E-state index contributed by atoms with van der Waals surface area (Å²) in [6.07, 6.45) is 1.63. The lowest BCUT2D eigenvalue weighted by Crippen LogP contribution is -2.14. The van der Waals surface area contributed by atoms with Crippen LogP contribution in [0.1, 0.15) is 22.8 Å². The number of hydrogen-bond donors (Lipinski definition) is 1. The van der Waals surface area contributed by atoms with Gasteiger partial charge in [-0.1, -0.05) is 11.8 Å². The first kappa shape index (κ1) is 23.9. The highest BCUT2D eigenvalue weighted by atomic mass is 32.2. The number of ether oxygens (including phenoxy) is 4. The zero-order chi connectivity index (χ0) is 24.0. The van der Waals surface area contributed by atoms with Crippen LogP contribution in [0.4, 0.5) is 0 Å². The van der Waals surface area contributed by atoms with Crippen LogP contribution in [0.2, 0.25) is 0 Å². The van der Waals surface area contributed by atoms with E-state index in [4.69, 9.17) is 18.9 Å². The third-order valence-corrected chi connectivity index (χ3v) is 5.65. The molecule has 1 N–H and O–H groups in total. The quantitative estimate of drug-likeness (QED) is 0.595. The van der Waals surface area contributed by atoms with Gasteiger partial charge >= 0.3 is 5.97 Å². The Balaban J connectivity index is 2.04. The SMILES string of the molecule is CCOC(=O)C1=C(O)/C(=C/c2cc(OC)ccc2OC)SC1=NC(=O)c1ccc(OC)cc1. The van der Waals surface area contributed by atoms with Crippen LogP contribution < -0.4 is 14.2 Å². The number of methoxy groups -OCH3 is 3. The van der Waals surface area contributed by atoms with Gasteiger partial charge in [0.05, 0.1) is 32.8 Å². The molecule has 8 nitrogen and oxygen atoms in total. The topological polar surface area (TPSA) is 104 Å². The number of esters is 1. The lowest BCUT2D eigenvalue weighted by atomic mass is 10.1. The summed E-state index contributed by atoms with van der Waals surface area (Å²) in [6, 6.07) is 11.6. The molecular formula is C24H23NO7S. The minimum atomic E-state index is -0.773. The first-order valence-corrected chi connectivity index (χ1v) is 10.7. The minimum absolute atomic E-state index is 0.0416. The first-order valence-electron chi connectivity index (χ1n) is 9.91. The summed E-state index contributed by atoms with van der Waals surface area (Å²) >= 11 is 0.983. The molecule has 0 saturated carbocycles. The second-order valence-electron chi connectivity index (χ2n) is 6.61. The third kappa shape index (κ3) is 5.38. The van der Waals surface area contributed by atoms with Crippen molar-refractivity contribution < 1.29 is 33.6 Å². The van der Waals surface area contributed by atoms with E-state index < -0.39 is 11.9 Å². The van der Waals surface area contributed by atoms with Crippen molar-refractivity contribution >= 4 is 34.8 Å². The van der Waals surface area contributed by atoms with Gasteiger partial charge < -0.3 is 24.1 Å². The van der Waals surface area contributed by atoms with Crippen LogP contribution in [0.25, 0.3) is 6.08 Å². The summed E-state index contributed by atoms with van der Waals surface area (Å²) in [7, 11) is 4.58. The molecule has 1 aliphatic heterocycles. The molecule has 1 amide bonds. The van der Waals surface area contributed by atoms with E-state index in [-0.39, 0.29) is 23.0 Å². The first-order chi connectivity index (χ1) is 15.9. The van der Waals surface area contributed by atoms with Crippen molar-refractivity contribution in [1.82, 2.24) is 0 Å². The summed E-state index contributed by atoms with van der Waals surface area (Å²) in [5.74, 6) is 0.0402. The fraction of sp³-hybridized carbons (Fsp3) is 0.208. The van der Waals surface area contributed by atoms with Crippen molar-refractivity contribution in [2.45, 2.75) is 6.92 Å². The van der Waals surface area contributed by atoms with Crippen LogP contribution in [0.15, 0.2) is 63.7 Å². The summed E-state index contributed by atoms with van der Waals surface area (Å²) < 4.78 is 20.8. The number of rotatable bonds is 7. The van der Waals surface area contributed by atoms with E-state index >= 15 is 0 Å². The molecule has 0 bridgehead atoms. The molecule has 0 aliphatic carbocycles. The zero-order valence-electron chi connectivity index (χ0n) is 18.6. The number of benzene rings is 2. The molecule has 0 spiro atoms. The van der Waals surface area contributed by atoms with E-state index in [1.165, 1.54) is 21.3 Å². The van der Waals surface area contributed by atoms with Gasteiger partial charge in [0.1, 0.15) is 33.6 Å². The maximum atomic E-state index is 12.7. The fourth-order valence-corrected chi connectivity index (χ4v) is 3.98. The van der Waals surface area contributed by atoms with Gasteiger partial charge in [-0.3, -0.25) is 4.79 Å². The van der Waals surface area contributed by atoms with Gasteiger partial charge in [0.2, 0.25) is 0 Å². The predicted octanol–water partition coefficient (Wildman–Crippen LogP) is 4.41. The Kier molecular flexibility index (Phi) is 7.78. The number of carbonyl (C=O) groups is 2. The molecule has 2 aromatic carbocycles. The molecule has 9 heteroatoms. The monoisotopic (exact) mass is 469 g/mol. The van der Waals surface area contributed by atoms with E-state index in [1.54, 1.807) is 55.5 Å². The molecule has 1 heterocycles. The zero-order valence-corrected chi connectivity index (χ0v) is 19.4. The summed E-state index contributed by atoms with van der Waals surface area (Å²) in [4.78, 5) is 29.7. The molecule has 1 aliphatic rings. The van der Waals surface area contributed by atoms with Gasteiger partial charge in [-0.05, 0) is 55.5 Å². The van der Waals surface area contributed by atoms with Gasteiger partial charge in [-0.2, -0.15) is 0 Å². The Bertz CT molecular complexity index is 1150. The Labute approximate surface area is 195 Å². The highest BCUT2D eigenvalue weighted by molar-refractivity contribution is 8.18. The van der Waals surface area contributed by atoms with Crippen molar-refractivity contribution in [3.63, 3.8) is 0 Å². The number of hydrogen-bond acceptors (Lipinski definition) is 8. The van der Waals surface area contributed by atoms with Crippen LogP contribution in [-0.2, 0) is 9.53 Å². The van der Waals surface area contributed by atoms with Crippen molar-refractivity contribution in [3.05, 3.63) is 69.8 Å². The molecule has 0 unspecified atom stereocenters. The van der Waals surface area contributed by atoms with Crippen molar-refractivity contribution in [3.8, 4) is 17.2 Å². The minimum Gasteiger partial charge on any atom is -0.506 e. The highest BCUT2D eigenvalue weighted by Gasteiger charge is 2.34. The second-order valence-corrected chi connectivity index (χ2v) is 7.64.